The number of rotatable bonds is 3. The largest absolute Gasteiger partial charge is 0.486 e. The van der Waals surface area contributed by atoms with E-state index in [9.17, 15) is 9.59 Å². The molecule has 1 amide bonds. The van der Waals surface area contributed by atoms with Gasteiger partial charge in [0.1, 0.15) is 11.9 Å². The van der Waals surface area contributed by atoms with Crippen LogP contribution >= 0.6 is 0 Å². The molecule has 0 aliphatic carbocycles. The second kappa shape index (κ2) is 6.29. The van der Waals surface area contributed by atoms with Crippen LogP contribution < -0.4 is 10.3 Å². The molecule has 132 valence electrons. The summed E-state index contributed by atoms with van der Waals surface area (Å²) >= 11 is 0. The monoisotopic (exact) mass is 349 g/mol. The highest BCUT2D eigenvalue weighted by atomic mass is 16.5. The maximum Gasteiger partial charge on any atom is 0.260 e. The van der Waals surface area contributed by atoms with Crippen molar-refractivity contribution in [3.8, 4) is 5.75 Å². The Morgan fingerprint density at radius 1 is 1.19 bits per heavy atom. The van der Waals surface area contributed by atoms with Crippen LogP contribution in [0.2, 0.25) is 0 Å². The summed E-state index contributed by atoms with van der Waals surface area (Å²) in [6, 6.07) is 12.9. The van der Waals surface area contributed by atoms with Gasteiger partial charge in [0.2, 0.25) is 0 Å². The first-order valence-electron chi connectivity index (χ1n) is 8.50. The van der Waals surface area contributed by atoms with Gasteiger partial charge in [-0.25, -0.2) is 4.98 Å². The van der Waals surface area contributed by atoms with Crippen molar-refractivity contribution in [2.75, 3.05) is 13.1 Å². The zero-order chi connectivity index (χ0) is 18.3. The van der Waals surface area contributed by atoms with Gasteiger partial charge in [0.15, 0.2) is 0 Å². The number of para-hydroxylation sites is 1. The Morgan fingerprint density at radius 2 is 1.96 bits per heavy atom. The molecule has 1 aromatic heterocycles. The number of aromatic nitrogens is 2. The number of benzene rings is 2. The molecular formula is C20H19N3O3. The van der Waals surface area contributed by atoms with Crippen molar-refractivity contribution >= 4 is 16.8 Å². The van der Waals surface area contributed by atoms with Gasteiger partial charge in [0.25, 0.3) is 11.5 Å². The fraction of sp³-hybridized carbons (Fsp3) is 0.250. The maximum atomic E-state index is 12.6. The van der Waals surface area contributed by atoms with Gasteiger partial charge >= 0.3 is 0 Å². The van der Waals surface area contributed by atoms with Gasteiger partial charge in [-0.15, -0.1) is 0 Å². The van der Waals surface area contributed by atoms with Crippen LogP contribution in [0.1, 0.15) is 15.9 Å². The molecule has 2 heterocycles. The van der Waals surface area contributed by atoms with E-state index >= 15 is 0 Å². The first-order chi connectivity index (χ1) is 12.5. The van der Waals surface area contributed by atoms with E-state index in [1.165, 1.54) is 10.9 Å². The number of nitrogens with zero attached hydrogens (tertiary/aromatic N) is 3. The third kappa shape index (κ3) is 2.83. The second-order valence-electron chi connectivity index (χ2n) is 6.61. The van der Waals surface area contributed by atoms with Crippen LogP contribution in [0.5, 0.6) is 5.75 Å². The van der Waals surface area contributed by atoms with Crippen LogP contribution in [-0.2, 0) is 7.05 Å². The Balaban J connectivity index is 1.46. The Kier molecular flexibility index (Phi) is 3.95. The lowest BCUT2D eigenvalue weighted by Crippen LogP contribution is -2.56. The summed E-state index contributed by atoms with van der Waals surface area (Å²) in [6.07, 6.45) is 1.47. The number of fused-ring (bicyclic) bond motifs is 1. The average Bonchev–Trinajstić information content (AvgIpc) is 2.61. The van der Waals surface area contributed by atoms with Crippen molar-refractivity contribution in [3.63, 3.8) is 0 Å². The van der Waals surface area contributed by atoms with E-state index in [1.54, 1.807) is 30.1 Å². The van der Waals surface area contributed by atoms with Crippen molar-refractivity contribution in [1.29, 1.82) is 0 Å². The lowest BCUT2D eigenvalue weighted by Gasteiger charge is -2.39. The predicted octanol–water partition coefficient (Wildman–Crippen LogP) is 2.15. The van der Waals surface area contributed by atoms with Gasteiger partial charge in [-0.05, 0) is 36.8 Å². The van der Waals surface area contributed by atoms with E-state index in [0.29, 0.717) is 29.6 Å². The van der Waals surface area contributed by atoms with Gasteiger partial charge in [0, 0.05) is 12.6 Å². The van der Waals surface area contributed by atoms with E-state index < -0.39 is 0 Å². The normalized spacial score (nSPS) is 14.3. The van der Waals surface area contributed by atoms with E-state index in [2.05, 4.69) is 4.98 Å². The quantitative estimate of drug-likeness (QED) is 0.727. The maximum absolute atomic E-state index is 12.6. The zero-order valence-electron chi connectivity index (χ0n) is 14.7. The number of likely N-dealkylation sites (tertiary alicyclic amines) is 1. The molecule has 2 aromatic carbocycles. The molecule has 0 atom stereocenters. The highest BCUT2D eigenvalue weighted by Crippen LogP contribution is 2.23. The predicted molar refractivity (Wildman–Crippen MR) is 98.5 cm³/mol. The van der Waals surface area contributed by atoms with E-state index in [-0.39, 0.29) is 17.6 Å². The molecule has 0 unspecified atom stereocenters. The highest BCUT2D eigenvalue weighted by Gasteiger charge is 2.33. The smallest absolute Gasteiger partial charge is 0.260 e. The second-order valence-corrected chi connectivity index (χ2v) is 6.61. The molecule has 6 nitrogen and oxygen atoms in total. The minimum absolute atomic E-state index is 0.00549. The summed E-state index contributed by atoms with van der Waals surface area (Å²) < 4.78 is 7.37. The van der Waals surface area contributed by atoms with Gasteiger partial charge < -0.3 is 14.2 Å². The number of carbonyl (C=O) groups is 1. The number of carbonyl (C=O) groups excluding carboxylic acids is 1. The van der Waals surface area contributed by atoms with Crippen molar-refractivity contribution < 1.29 is 9.53 Å². The molecule has 0 radical (unpaired) electrons. The van der Waals surface area contributed by atoms with Crippen LogP contribution in [0.25, 0.3) is 10.9 Å². The van der Waals surface area contributed by atoms with Crippen molar-refractivity contribution in [1.82, 2.24) is 14.5 Å². The molecule has 6 heteroatoms. The Hall–Kier alpha value is -3.15. The van der Waals surface area contributed by atoms with Crippen molar-refractivity contribution in [2.45, 2.75) is 13.0 Å². The average molecular weight is 349 g/mol. The molecule has 0 N–H and O–H groups in total. The van der Waals surface area contributed by atoms with Gasteiger partial charge in [-0.3, -0.25) is 9.59 Å². The van der Waals surface area contributed by atoms with Crippen LogP contribution in [0.4, 0.5) is 0 Å². The van der Waals surface area contributed by atoms with Crippen LogP contribution in [0, 0.1) is 6.92 Å². The van der Waals surface area contributed by atoms with Gasteiger partial charge in [-0.2, -0.15) is 0 Å². The topological polar surface area (TPSA) is 64.4 Å². The minimum Gasteiger partial charge on any atom is -0.486 e. The summed E-state index contributed by atoms with van der Waals surface area (Å²) in [5, 5.41) is 0.510. The first kappa shape index (κ1) is 16.3. The molecule has 1 aliphatic rings. The summed E-state index contributed by atoms with van der Waals surface area (Å²) in [7, 11) is 1.66. The standard InChI is InChI=1S/C20H19N3O3/c1-13-5-3-4-6-18(13)26-15-10-23(11-15)19(24)14-7-8-16-17(9-14)21-12-22(2)20(16)25/h3-9,12,15H,10-11H2,1-2H3. The minimum atomic E-state index is -0.121. The van der Waals surface area contributed by atoms with Gasteiger partial charge in [-0.1, -0.05) is 18.2 Å². The highest BCUT2D eigenvalue weighted by molar-refractivity contribution is 5.98. The number of amides is 1. The van der Waals surface area contributed by atoms with Gasteiger partial charge in [0.05, 0.1) is 30.3 Å². The van der Waals surface area contributed by atoms with Crippen molar-refractivity contribution in [2.24, 2.45) is 7.05 Å². The molecule has 0 saturated carbocycles. The molecule has 3 aromatic rings. The summed E-state index contributed by atoms with van der Waals surface area (Å²) in [6.45, 7) is 3.10. The Bertz CT molecular complexity index is 1050. The fourth-order valence-corrected chi connectivity index (χ4v) is 3.07. The SMILES string of the molecule is Cc1ccccc1OC1CN(C(=O)c2ccc3c(=O)n(C)cnc3c2)C1. The third-order valence-corrected chi connectivity index (χ3v) is 4.69. The number of ether oxygens (including phenoxy) is 1. The summed E-state index contributed by atoms with van der Waals surface area (Å²) in [5.74, 6) is 0.786. The Labute approximate surface area is 150 Å². The molecule has 1 fully saturated rings. The molecule has 0 bridgehead atoms. The lowest BCUT2D eigenvalue weighted by molar-refractivity contribution is 0.0175. The number of aryl methyl sites for hydroxylation is 2. The van der Waals surface area contributed by atoms with E-state index in [0.717, 1.165) is 11.3 Å². The van der Waals surface area contributed by atoms with E-state index in [1.807, 2.05) is 31.2 Å². The zero-order valence-corrected chi connectivity index (χ0v) is 14.7. The first-order valence-corrected chi connectivity index (χ1v) is 8.50. The van der Waals surface area contributed by atoms with Crippen molar-refractivity contribution in [3.05, 3.63) is 70.3 Å². The molecular weight excluding hydrogens is 330 g/mol. The van der Waals surface area contributed by atoms with Crippen LogP contribution in [0.15, 0.2) is 53.6 Å². The van der Waals surface area contributed by atoms with E-state index in [4.69, 9.17) is 4.74 Å². The summed E-state index contributed by atoms with van der Waals surface area (Å²) in [4.78, 5) is 30.7. The molecule has 1 aliphatic heterocycles. The number of hydrogen-bond acceptors (Lipinski definition) is 4. The van der Waals surface area contributed by atoms with Crippen LogP contribution in [-0.4, -0.2) is 39.6 Å². The third-order valence-electron chi connectivity index (χ3n) is 4.69. The van der Waals surface area contributed by atoms with Crippen LogP contribution in [0.3, 0.4) is 0 Å². The Morgan fingerprint density at radius 3 is 2.73 bits per heavy atom. The summed E-state index contributed by atoms with van der Waals surface area (Å²) in [5.41, 5.74) is 2.03. The molecule has 1 saturated heterocycles. The molecule has 0 spiro atoms. The fourth-order valence-electron chi connectivity index (χ4n) is 3.07. The number of hydrogen-bond donors (Lipinski definition) is 0. The molecule has 4 rings (SSSR count). The molecule has 26 heavy (non-hydrogen) atoms. The lowest BCUT2D eigenvalue weighted by atomic mass is 10.1.